The molecule has 164 valence electrons. The van der Waals surface area contributed by atoms with Crippen molar-refractivity contribution >= 4 is 63.6 Å². The van der Waals surface area contributed by atoms with Crippen LogP contribution in [0.2, 0.25) is 10.0 Å². The minimum Gasteiger partial charge on any atom is -0.366 e. The molecular weight excluding hydrogens is 462 g/mol. The van der Waals surface area contributed by atoms with Crippen LogP contribution in [0.15, 0.2) is 41.4 Å². The van der Waals surface area contributed by atoms with Gasteiger partial charge in [-0.05, 0) is 55.1 Å². The molecule has 3 aromatic rings. The number of nitrogens with zero attached hydrogens (tertiary/aromatic N) is 1. The fourth-order valence-electron chi connectivity index (χ4n) is 3.04. The van der Waals surface area contributed by atoms with Gasteiger partial charge in [-0.3, -0.25) is 9.59 Å². The molecule has 4 rings (SSSR count). The van der Waals surface area contributed by atoms with Crippen molar-refractivity contribution in [1.82, 2.24) is 9.88 Å². The van der Waals surface area contributed by atoms with Crippen LogP contribution < -0.4 is 10.5 Å². The van der Waals surface area contributed by atoms with E-state index in [1.165, 1.54) is 18.6 Å². The number of halogens is 3. The third-order valence-corrected chi connectivity index (χ3v) is 6.27. The van der Waals surface area contributed by atoms with E-state index < -0.39 is 11.7 Å². The zero-order valence-electron chi connectivity index (χ0n) is 16.7. The Morgan fingerprint density at radius 3 is 2.61 bits per heavy atom. The Labute approximate surface area is 193 Å². The highest BCUT2D eigenvalue weighted by Gasteiger charge is 2.13. The Morgan fingerprint density at radius 1 is 1.23 bits per heavy atom. The molecule has 10 heteroatoms. The van der Waals surface area contributed by atoms with E-state index in [2.05, 4.69) is 9.71 Å². The smallest absolute Gasteiger partial charge is 0.248 e. The number of nitrogens with one attached hydrogen (secondary N) is 2. The molecular formula is C21H21Cl2FN4O2S. The zero-order chi connectivity index (χ0) is 22.5. The van der Waals surface area contributed by atoms with Gasteiger partial charge >= 0.3 is 0 Å². The lowest BCUT2D eigenvalue weighted by Gasteiger charge is -2.21. The summed E-state index contributed by atoms with van der Waals surface area (Å²) < 4.78 is 17.0. The van der Waals surface area contributed by atoms with E-state index in [4.69, 9.17) is 28.9 Å². The minimum atomic E-state index is -0.672. The number of benzene rings is 2. The number of anilines is 1. The minimum absolute atomic E-state index is 0.122. The van der Waals surface area contributed by atoms with E-state index in [9.17, 15) is 14.0 Å². The number of H-pyrrole nitrogens is 1. The van der Waals surface area contributed by atoms with Crippen molar-refractivity contribution in [2.45, 2.75) is 24.2 Å². The van der Waals surface area contributed by atoms with Crippen LogP contribution in [0.1, 0.15) is 29.6 Å². The summed E-state index contributed by atoms with van der Waals surface area (Å²) in [7, 11) is 1.86. The van der Waals surface area contributed by atoms with Crippen molar-refractivity contribution in [3.8, 4) is 0 Å². The summed E-state index contributed by atoms with van der Waals surface area (Å²) in [6.07, 6.45) is 4.66. The Hall–Kier alpha value is -2.42. The summed E-state index contributed by atoms with van der Waals surface area (Å²) in [5, 5.41) is 1.73. The molecule has 1 aliphatic heterocycles. The predicted molar refractivity (Wildman–Crippen MR) is 124 cm³/mol. The molecule has 1 aliphatic rings. The zero-order valence-corrected chi connectivity index (χ0v) is 19.0. The maximum atomic E-state index is 14.0. The lowest BCUT2D eigenvalue weighted by atomic mass is 10.1. The molecule has 0 atom stereocenters. The van der Waals surface area contributed by atoms with Crippen molar-refractivity contribution in [2.24, 2.45) is 5.73 Å². The molecule has 0 bridgehead atoms. The van der Waals surface area contributed by atoms with E-state index in [1.54, 1.807) is 23.2 Å². The fraction of sp³-hybridized carbons (Fsp3) is 0.238. The summed E-state index contributed by atoms with van der Waals surface area (Å²) >= 11 is 13.3. The van der Waals surface area contributed by atoms with Gasteiger partial charge in [0.1, 0.15) is 5.82 Å². The number of aromatic amines is 1. The van der Waals surface area contributed by atoms with Crippen LogP contribution in [0.4, 0.5) is 10.1 Å². The van der Waals surface area contributed by atoms with Crippen LogP contribution in [-0.2, 0) is 4.79 Å². The number of rotatable bonds is 4. The summed E-state index contributed by atoms with van der Waals surface area (Å²) in [6.45, 7) is 0.957. The molecule has 0 unspecified atom stereocenters. The predicted octanol–water partition coefficient (Wildman–Crippen LogP) is 5.46. The number of carbonyl (C=O) groups is 2. The first-order chi connectivity index (χ1) is 14.8. The summed E-state index contributed by atoms with van der Waals surface area (Å²) in [4.78, 5) is 26.9. The number of nitrogens with two attached hydrogens (primary N) is 1. The number of hydrogen-bond donors (Lipinski definition) is 3. The highest BCUT2D eigenvalue weighted by Crippen LogP contribution is 2.36. The second-order valence-electron chi connectivity index (χ2n) is 6.97. The number of piperidine rings is 1. The van der Waals surface area contributed by atoms with Gasteiger partial charge in [0.25, 0.3) is 0 Å². The Balaban J connectivity index is 0.000000287. The summed E-state index contributed by atoms with van der Waals surface area (Å²) in [5.41, 5.74) is 6.68. The highest BCUT2D eigenvalue weighted by atomic mass is 35.5. The van der Waals surface area contributed by atoms with Gasteiger partial charge in [0.05, 0.1) is 26.1 Å². The summed E-state index contributed by atoms with van der Waals surface area (Å²) in [5.74, 6) is -0.904. The molecule has 2 heterocycles. The highest BCUT2D eigenvalue weighted by molar-refractivity contribution is 8.00. The molecule has 0 spiro atoms. The monoisotopic (exact) mass is 482 g/mol. The van der Waals surface area contributed by atoms with Gasteiger partial charge in [-0.1, -0.05) is 23.2 Å². The van der Waals surface area contributed by atoms with Crippen molar-refractivity contribution in [3.05, 3.63) is 58.0 Å². The average Bonchev–Trinajstić information content (AvgIpc) is 3.13. The molecule has 0 saturated carbocycles. The van der Waals surface area contributed by atoms with Gasteiger partial charge in [-0.25, -0.2) is 4.39 Å². The number of fused-ring (bicyclic) bond motifs is 1. The maximum absolute atomic E-state index is 14.0. The quantitative estimate of drug-likeness (QED) is 0.430. The van der Waals surface area contributed by atoms with Crippen molar-refractivity contribution in [1.29, 1.82) is 0 Å². The van der Waals surface area contributed by atoms with Crippen LogP contribution in [0.25, 0.3) is 10.9 Å². The lowest BCUT2D eigenvalue weighted by molar-refractivity contribution is -0.131. The standard InChI is InChI=1S/C15H10Cl2FN3OS.C6H11NO/c16-8-2-3-11(14-13(8)9(17)6-20-14)21-23-12-4-1-7(15(19)22)5-10(12)18;1-7-5-3-2-4-6(7)8/h1-6,20-21H,(H2,19,22);2-5H2,1H3. The number of primary amides is 1. The van der Waals surface area contributed by atoms with E-state index in [1.807, 2.05) is 7.05 Å². The van der Waals surface area contributed by atoms with Gasteiger partial charge < -0.3 is 20.3 Å². The number of hydrogen-bond acceptors (Lipinski definition) is 4. The van der Waals surface area contributed by atoms with Crippen molar-refractivity contribution < 1.29 is 14.0 Å². The molecule has 2 amide bonds. The van der Waals surface area contributed by atoms with Gasteiger partial charge in [0, 0.05) is 37.2 Å². The van der Waals surface area contributed by atoms with E-state index in [0.29, 0.717) is 31.9 Å². The maximum Gasteiger partial charge on any atom is 0.248 e. The lowest BCUT2D eigenvalue weighted by Crippen LogP contribution is -2.31. The second kappa shape index (κ2) is 10.3. The van der Waals surface area contributed by atoms with E-state index in [0.717, 1.165) is 42.9 Å². The van der Waals surface area contributed by atoms with Crippen LogP contribution in [-0.4, -0.2) is 35.3 Å². The third kappa shape index (κ3) is 5.64. The molecule has 0 aliphatic carbocycles. The molecule has 0 radical (unpaired) electrons. The molecule has 1 aromatic heterocycles. The molecule has 4 N–H and O–H groups in total. The number of aromatic nitrogens is 1. The van der Waals surface area contributed by atoms with Crippen molar-refractivity contribution in [3.63, 3.8) is 0 Å². The topological polar surface area (TPSA) is 91.2 Å². The van der Waals surface area contributed by atoms with Crippen LogP contribution >= 0.6 is 35.1 Å². The molecule has 1 saturated heterocycles. The first-order valence-corrected chi connectivity index (χ1v) is 11.1. The Bertz CT molecular complexity index is 1120. The van der Waals surface area contributed by atoms with Gasteiger partial charge in [-0.2, -0.15) is 0 Å². The van der Waals surface area contributed by atoms with E-state index >= 15 is 0 Å². The average molecular weight is 483 g/mol. The number of amides is 2. The normalized spacial score (nSPS) is 13.7. The second-order valence-corrected chi connectivity index (χ2v) is 8.63. The fourth-order valence-corrected chi connectivity index (χ4v) is 4.28. The van der Waals surface area contributed by atoms with Crippen LogP contribution in [0.5, 0.6) is 0 Å². The molecule has 6 nitrogen and oxygen atoms in total. The molecule has 31 heavy (non-hydrogen) atoms. The third-order valence-electron chi connectivity index (χ3n) is 4.78. The Kier molecular flexibility index (Phi) is 7.69. The Morgan fingerprint density at radius 2 is 2.00 bits per heavy atom. The first kappa shape index (κ1) is 23.2. The largest absolute Gasteiger partial charge is 0.366 e. The van der Waals surface area contributed by atoms with Crippen molar-refractivity contribution in [2.75, 3.05) is 18.3 Å². The van der Waals surface area contributed by atoms with Gasteiger partial charge in [0.15, 0.2) is 0 Å². The van der Waals surface area contributed by atoms with E-state index in [-0.39, 0.29) is 5.56 Å². The summed E-state index contributed by atoms with van der Waals surface area (Å²) in [6, 6.07) is 7.54. The van der Waals surface area contributed by atoms with Crippen LogP contribution in [0, 0.1) is 5.82 Å². The number of carbonyl (C=O) groups excluding carboxylic acids is 2. The van der Waals surface area contributed by atoms with Gasteiger partial charge in [0.2, 0.25) is 11.8 Å². The first-order valence-electron chi connectivity index (χ1n) is 9.49. The molecule has 1 fully saturated rings. The van der Waals surface area contributed by atoms with Crippen LogP contribution in [0.3, 0.4) is 0 Å². The molecule has 2 aromatic carbocycles. The van der Waals surface area contributed by atoms with Gasteiger partial charge in [-0.15, -0.1) is 0 Å². The number of likely N-dealkylation sites (tertiary alicyclic amines) is 1. The SMILES string of the molecule is CN1CCCCC1=O.NC(=O)c1ccc(SNc2ccc(Cl)c3c(Cl)c[nH]c23)c(F)c1.